The minimum absolute atomic E-state index is 0.574. The van der Waals surface area contributed by atoms with E-state index in [2.05, 4.69) is 33.4 Å². The second-order valence-electron chi connectivity index (χ2n) is 3.73. The number of nitrogens with two attached hydrogens (primary N) is 1. The fourth-order valence-electron chi connectivity index (χ4n) is 1.51. The van der Waals surface area contributed by atoms with Crippen LogP contribution in [0.3, 0.4) is 0 Å². The van der Waals surface area contributed by atoms with Crippen molar-refractivity contribution >= 4 is 33.0 Å². The van der Waals surface area contributed by atoms with Crippen LogP contribution in [0.1, 0.15) is 10.4 Å². The molecule has 0 radical (unpaired) electrons. The van der Waals surface area contributed by atoms with Gasteiger partial charge >= 0.3 is 0 Å². The highest BCUT2D eigenvalue weighted by molar-refractivity contribution is 9.10. The average molecular weight is 312 g/mol. The van der Waals surface area contributed by atoms with Crippen LogP contribution in [0.4, 0.5) is 5.69 Å². The lowest BCUT2D eigenvalue weighted by atomic mass is 10.2. The van der Waals surface area contributed by atoms with Gasteiger partial charge in [-0.3, -0.25) is 0 Å². The van der Waals surface area contributed by atoms with E-state index >= 15 is 0 Å². The van der Waals surface area contributed by atoms with Gasteiger partial charge in [0, 0.05) is 27.0 Å². The van der Waals surface area contributed by atoms with Crippen molar-refractivity contribution in [1.29, 1.82) is 0 Å². The zero-order valence-corrected chi connectivity index (χ0v) is 11.8. The summed E-state index contributed by atoms with van der Waals surface area (Å²) in [7, 11) is 0. The summed E-state index contributed by atoms with van der Waals surface area (Å²) in [5.41, 5.74) is 7.70. The lowest BCUT2D eigenvalue weighted by molar-refractivity contribution is 0.124. The third kappa shape index (κ3) is 3.84. The van der Waals surface area contributed by atoms with Crippen LogP contribution in [-0.2, 0) is 17.8 Å². The molecular weight excluding hydrogens is 298 g/mol. The van der Waals surface area contributed by atoms with Crippen molar-refractivity contribution in [3.63, 3.8) is 0 Å². The van der Waals surface area contributed by atoms with Crippen molar-refractivity contribution in [1.82, 2.24) is 0 Å². The van der Waals surface area contributed by atoms with Crippen molar-refractivity contribution in [2.45, 2.75) is 13.0 Å². The number of anilines is 1. The molecule has 0 aliphatic heterocycles. The van der Waals surface area contributed by atoms with Gasteiger partial charge in [-0.1, -0.05) is 28.1 Å². The molecule has 0 spiro atoms. The van der Waals surface area contributed by atoms with E-state index in [1.54, 1.807) is 11.3 Å². The van der Waals surface area contributed by atoms with Gasteiger partial charge in [0.05, 0.1) is 13.2 Å². The van der Waals surface area contributed by atoms with Gasteiger partial charge < -0.3 is 10.5 Å². The van der Waals surface area contributed by atoms with Gasteiger partial charge in [0.1, 0.15) is 0 Å². The lowest BCUT2D eigenvalue weighted by Gasteiger charge is -2.07. The van der Waals surface area contributed by atoms with Crippen molar-refractivity contribution in [2.24, 2.45) is 0 Å². The monoisotopic (exact) mass is 311 g/mol. The van der Waals surface area contributed by atoms with Crippen molar-refractivity contribution < 1.29 is 4.74 Å². The molecule has 2 rings (SSSR count). The number of ether oxygens (including phenoxy) is 1. The molecule has 2 N–H and O–H groups in total. The predicted octanol–water partition coefficient (Wildman–Crippen LogP) is 3.85. The molecule has 0 saturated carbocycles. The zero-order valence-electron chi connectivity index (χ0n) is 9.36. The number of rotatable bonds is 5. The summed E-state index contributed by atoms with van der Waals surface area (Å²) < 4.78 is 6.62. The first-order chi connectivity index (χ1) is 8.25. The number of hydrogen-bond donors (Lipinski definition) is 1. The highest BCUT2D eigenvalue weighted by Gasteiger charge is 2.00. The molecule has 1 aromatic heterocycles. The van der Waals surface area contributed by atoms with Gasteiger partial charge in [-0.15, -0.1) is 11.3 Å². The Hall–Kier alpha value is -0.840. The number of halogens is 1. The van der Waals surface area contributed by atoms with Gasteiger partial charge in [-0.25, -0.2) is 0 Å². The molecule has 0 aliphatic carbocycles. The van der Waals surface area contributed by atoms with Gasteiger partial charge in [0.2, 0.25) is 0 Å². The van der Waals surface area contributed by atoms with Crippen LogP contribution in [-0.4, -0.2) is 6.61 Å². The van der Waals surface area contributed by atoms with E-state index in [1.165, 1.54) is 4.88 Å². The van der Waals surface area contributed by atoms with Crippen LogP contribution in [0.5, 0.6) is 0 Å². The maximum absolute atomic E-state index is 5.89. The molecule has 90 valence electrons. The number of thiophene rings is 1. The summed E-state index contributed by atoms with van der Waals surface area (Å²) >= 11 is 5.15. The highest BCUT2D eigenvalue weighted by atomic mass is 79.9. The standard InChI is InChI=1S/C13H14BrNOS/c14-11-4-3-10(13(15)8-11)9-16-6-5-12-2-1-7-17-12/h1-4,7-8H,5-6,9,15H2. The predicted molar refractivity (Wildman–Crippen MR) is 76.2 cm³/mol. The summed E-state index contributed by atoms with van der Waals surface area (Å²) in [6, 6.07) is 10.1. The fourth-order valence-corrected chi connectivity index (χ4v) is 2.58. The molecule has 0 atom stereocenters. The van der Waals surface area contributed by atoms with E-state index in [4.69, 9.17) is 10.5 Å². The molecule has 0 bridgehead atoms. The molecule has 4 heteroatoms. The molecular formula is C13H14BrNOS. The summed E-state index contributed by atoms with van der Waals surface area (Å²) in [5.74, 6) is 0. The first-order valence-electron chi connectivity index (χ1n) is 5.40. The molecule has 1 heterocycles. The Labute approximate surface area is 114 Å². The third-order valence-electron chi connectivity index (χ3n) is 2.44. The molecule has 0 fully saturated rings. The molecule has 2 aromatic rings. The van der Waals surface area contributed by atoms with Crippen LogP contribution < -0.4 is 5.73 Å². The second-order valence-corrected chi connectivity index (χ2v) is 5.67. The molecule has 1 aromatic carbocycles. The Morgan fingerprint density at radius 3 is 2.88 bits per heavy atom. The van der Waals surface area contributed by atoms with Gasteiger partial charge in [0.15, 0.2) is 0 Å². The van der Waals surface area contributed by atoms with Gasteiger partial charge in [-0.05, 0) is 23.6 Å². The van der Waals surface area contributed by atoms with E-state index in [9.17, 15) is 0 Å². The minimum atomic E-state index is 0.574. The third-order valence-corrected chi connectivity index (χ3v) is 3.87. The minimum Gasteiger partial charge on any atom is -0.398 e. The van der Waals surface area contributed by atoms with E-state index in [0.29, 0.717) is 6.61 Å². The molecule has 0 aliphatic rings. The van der Waals surface area contributed by atoms with Gasteiger partial charge in [0.25, 0.3) is 0 Å². The average Bonchev–Trinajstić information content (AvgIpc) is 2.79. The Balaban J connectivity index is 1.78. The van der Waals surface area contributed by atoms with Crippen LogP contribution in [0.15, 0.2) is 40.2 Å². The molecule has 17 heavy (non-hydrogen) atoms. The molecule has 2 nitrogen and oxygen atoms in total. The topological polar surface area (TPSA) is 35.2 Å². The maximum Gasteiger partial charge on any atom is 0.0737 e. The van der Waals surface area contributed by atoms with Crippen LogP contribution >= 0.6 is 27.3 Å². The zero-order chi connectivity index (χ0) is 12.1. The van der Waals surface area contributed by atoms with E-state index < -0.39 is 0 Å². The SMILES string of the molecule is Nc1cc(Br)ccc1COCCc1cccs1. The van der Waals surface area contributed by atoms with Crippen LogP contribution in [0.2, 0.25) is 0 Å². The second kappa shape index (κ2) is 6.19. The number of nitrogen functional groups attached to an aromatic ring is 1. The first-order valence-corrected chi connectivity index (χ1v) is 7.07. The first kappa shape index (κ1) is 12.6. The van der Waals surface area contributed by atoms with Crippen LogP contribution in [0, 0.1) is 0 Å². The van der Waals surface area contributed by atoms with E-state index in [-0.39, 0.29) is 0 Å². The van der Waals surface area contributed by atoms with E-state index in [1.807, 2.05) is 18.2 Å². The Kier molecular flexibility index (Phi) is 4.59. The Morgan fingerprint density at radius 1 is 1.29 bits per heavy atom. The Morgan fingerprint density at radius 2 is 2.18 bits per heavy atom. The van der Waals surface area contributed by atoms with Gasteiger partial charge in [-0.2, -0.15) is 0 Å². The quantitative estimate of drug-likeness (QED) is 0.672. The van der Waals surface area contributed by atoms with Crippen molar-refractivity contribution in [2.75, 3.05) is 12.3 Å². The molecule has 0 amide bonds. The summed E-state index contributed by atoms with van der Waals surface area (Å²) in [6.45, 7) is 1.31. The highest BCUT2D eigenvalue weighted by Crippen LogP contribution is 2.19. The maximum atomic E-state index is 5.89. The molecule has 0 saturated heterocycles. The van der Waals surface area contributed by atoms with Crippen molar-refractivity contribution in [3.8, 4) is 0 Å². The molecule has 0 unspecified atom stereocenters. The number of hydrogen-bond acceptors (Lipinski definition) is 3. The lowest BCUT2D eigenvalue weighted by Crippen LogP contribution is -2.01. The summed E-state index contributed by atoms with van der Waals surface area (Å²) in [4.78, 5) is 1.36. The summed E-state index contributed by atoms with van der Waals surface area (Å²) in [6.07, 6.45) is 0.966. The fraction of sp³-hybridized carbons (Fsp3) is 0.231. The Bertz CT molecular complexity index is 470. The summed E-state index contributed by atoms with van der Waals surface area (Å²) in [5, 5.41) is 2.09. The largest absolute Gasteiger partial charge is 0.398 e. The van der Waals surface area contributed by atoms with Crippen LogP contribution in [0.25, 0.3) is 0 Å². The smallest absolute Gasteiger partial charge is 0.0737 e. The van der Waals surface area contributed by atoms with E-state index in [0.717, 1.165) is 28.8 Å². The van der Waals surface area contributed by atoms with Crippen molar-refractivity contribution in [3.05, 3.63) is 50.6 Å². The normalized spacial score (nSPS) is 10.6. The number of benzene rings is 1.